The van der Waals surface area contributed by atoms with Gasteiger partial charge in [-0.3, -0.25) is 8.97 Å². The second-order valence-electron chi connectivity index (χ2n) is 10.2. The van der Waals surface area contributed by atoms with Crippen LogP contribution in [0.4, 0.5) is 0 Å². The number of hydrogen-bond acceptors (Lipinski definition) is 4. The predicted molar refractivity (Wildman–Crippen MR) is 123 cm³/mol. The van der Waals surface area contributed by atoms with Gasteiger partial charge in [0.15, 0.2) is 11.4 Å². The van der Waals surface area contributed by atoms with Gasteiger partial charge in [0.1, 0.15) is 11.8 Å². The number of nitrogens with zero attached hydrogens (tertiary/aromatic N) is 2. The van der Waals surface area contributed by atoms with Crippen molar-refractivity contribution in [2.75, 3.05) is 35.2 Å². The van der Waals surface area contributed by atoms with E-state index in [1.54, 1.807) is 27.2 Å². The fraction of sp³-hybridized carbons (Fsp3) is 0.520. The topological polar surface area (TPSA) is 79.4 Å². The Kier molecular flexibility index (Phi) is 6.93. The summed E-state index contributed by atoms with van der Waals surface area (Å²) >= 11 is 0. The summed E-state index contributed by atoms with van der Waals surface area (Å²) in [5.74, 6) is 0.135. The Morgan fingerprint density at radius 1 is 1.00 bits per heavy atom. The fourth-order valence-corrected chi connectivity index (χ4v) is 4.30. The fourth-order valence-electron chi connectivity index (χ4n) is 4.30. The largest absolute Gasteiger partial charge is 0.483 e. The standard InChI is InChI=1S/C25H36N3O4/c1-17(18-10-8-7-9-11-18)32-22-16-21(26-23(22)25(31)27(2,3)4)24(30)28(5,6)19-12-14-20(29)15-13-19/h7-11,16-17,19-20,29H,12-15H2,1-6H3/q+1/p+1. The number of benzene rings is 1. The van der Waals surface area contributed by atoms with E-state index in [-0.39, 0.29) is 39.0 Å². The lowest BCUT2D eigenvalue weighted by Crippen LogP contribution is -2.54. The van der Waals surface area contributed by atoms with Crippen molar-refractivity contribution in [2.24, 2.45) is 0 Å². The van der Waals surface area contributed by atoms with Crippen LogP contribution in [0, 0.1) is 0 Å². The summed E-state index contributed by atoms with van der Waals surface area (Å²) in [6.45, 7) is 1.93. The number of aromatic amines is 1. The lowest BCUT2D eigenvalue weighted by Gasteiger charge is -2.38. The summed E-state index contributed by atoms with van der Waals surface area (Å²) in [6.07, 6.45) is 2.44. The molecule has 1 saturated carbocycles. The number of aliphatic hydroxyl groups is 1. The molecule has 1 aromatic heterocycles. The molecule has 1 aromatic carbocycles. The molecular formula is C25H37N3O4+2. The van der Waals surface area contributed by atoms with Gasteiger partial charge in [0.25, 0.3) is 0 Å². The van der Waals surface area contributed by atoms with Crippen LogP contribution >= 0.6 is 0 Å². The van der Waals surface area contributed by atoms with Gasteiger partial charge in [-0.05, 0) is 25.3 Å². The number of aliphatic hydroxyl groups excluding tert-OH is 1. The molecule has 1 unspecified atom stereocenters. The van der Waals surface area contributed by atoms with Gasteiger partial charge < -0.3 is 14.8 Å². The van der Waals surface area contributed by atoms with Gasteiger partial charge >= 0.3 is 11.8 Å². The van der Waals surface area contributed by atoms with Crippen LogP contribution in [0.2, 0.25) is 0 Å². The maximum Gasteiger partial charge on any atom is 0.365 e. The van der Waals surface area contributed by atoms with Crippen molar-refractivity contribution in [1.29, 1.82) is 0 Å². The Balaban J connectivity index is 1.93. The van der Waals surface area contributed by atoms with Crippen molar-refractivity contribution >= 4 is 11.8 Å². The van der Waals surface area contributed by atoms with Crippen LogP contribution in [0.25, 0.3) is 0 Å². The summed E-state index contributed by atoms with van der Waals surface area (Å²) in [5.41, 5.74) is 1.66. The second kappa shape index (κ2) is 9.17. The van der Waals surface area contributed by atoms with Gasteiger partial charge in [-0.25, -0.2) is 9.59 Å². The quantitative estimate of drug-likeness (QED) is 0.670. The van der Waals surface area contributed by atoms with Gasteiger partial charge in [0, 0.05) is 18.9 Å². The molecule has 7 heteroatoms. The number of H-pyrrole nitrogens is 1. The first kappa shape index (κ1) is 24.2. The van der Waals surface area contributed by atoms with E-state index in [4.69, 9.17) is 4.74 Å². The second-order valence-corrected chi connectivity index (χ2v) is 10.2. The van der Waals surface area contributed by atoms with Crippen molar-refractivity contribution < 1.29 is 28.4 Å². The smallest absolute Gasteiger partial charge is 0.365 e. The summed E-state index contributed by atoms with van der Waals surface area (Å²) in [4.78, 5) is 29.8. The number of nitrogens with one attached hydrogen (secondary N) is 1. The molecule has 2 aromatic rings. The first-order valence-corrected chi connectivity index (χ1v) is 11.3. The lowest BCUT2D eigenvalue weighted by molar-refractivity contribution is -0.837. The molecular weight excluding hydrogens is 406 g/mol. The molecule has 7 nitrogen and oxygen atoms in total. The number of amides is 2. The van der Waals surface area contributed by atoms with Crippen molar-refractivity contribution in [3.63, 3.8) is 0 Å². The third-order valence-electron chi connectivity index (χ3n) is 6.51. The molecule has 2 amide bonds. The lowest BCUT2D eigenvalue weighted by atomic mass is 9.91. The first-order valence-electron chi connectivity index (χ1n) is 11.3. The average molecular weight is 444 g/mol. The maximum atomic E-state index is 13.5. The third kappa shape index (κ3) is 5.11. The number of ether oxygens (including phenoxy) is 1. The van der Waals surface area contributed by atoms with E-state index >= 15 is 0 Å². The number of hydrogen-bond donors (Lipinski definition) is 2. The highest BCUT2D eigenvalue weighted by Gasteiger charge is 2.41. The molecule has 1 atom stereocenters. The first-order chi connectivity index (χ1) is 14.9. The minimum atomic E-state index is -0.281. The van der Waals surface area contributed by atoms with E-state index in [0.717, 1.165) is 18.4 Å². The summed E-state index contributed by atoms with van der Waals surface area (Å²) in [5, 5.41) is 9.85. The minimum absolute atomic E-state index is 0.0724. The monoisotopic (exact) mass is 443 g/mol. The molecule has 0 aliphatic heterocycles. The van der Waals surface area contributed by atoms with Gasteiger partial charge in [-0.1, -0.05) is 30.3 Å². The number of quaternary nitrogens is 2. The van der Waals surface area contributed by atoms with Gasteiger partial charge in [-0.2, -0.15) is 0 Å². The summed E-state index contributed by atoms with van der Waals surface area (Å²) in [7, 11) is 9.19. The van der Waals surface area contributed by atoms with Gasteiger partial charge in [-0.15, -0.1) is 0 Å². The molecule has 2 N–H and O–H groups in total. The van der Waals surface area contributed by atoms with Gasteiger partial charge in [0.05, 0.1) is 47.4 Å². The van der Waals surface area contributed by atoms with Crippen LogP contribution in [0.3, 0.4) is 0 Å². The Morgan fingerprint density at radius 2 is 1.59 bits per heavy atom. The van der Waals surface area contributed by atoms with E-state index in [1.807, 2.05) is 51.4 Å². The highest BCUT2D eigenvalue weighted by Crippen LogP contribution is 2.32. The predicted octanol–water partition coefficient (Wildman–Crippen LogP) is 3.52. The molecule has 174 valence electrons. The molecule has 0 spiro atoms. The van der Waals surface area contributed by atoms with Crippen LogP contribution in [-0.4, -0.2) is 78.3 Å². The van der Waals surface area contributed by atoms with E-state index in [0.29, 0.717) is 30.0 Å². The molecule has 0 saturated heterocycles. The zero-order chi connectivity index (χ0) is 23.7. The number of carbonyl (C=O) groups is 2. The van der Waals surface area contributed by atoms with Crippen LogP contribution < -0.4 is 4.74 Å². The molecule has 1 aliphatic rings. The number of rotatable bonds is 6. The van der Waals surface area contributed by atoms with Crippen LogP contribution in [-0.2, 0) is 0 Å². The SMILES string of the molecule is CC(Oc1cc(C(=O)[N+](C)(C)C2CCC(O)CC2)[nH]c1C(=O)[N+](C)(C)C)c1ccccc1. The molecule has 1 aliphatic carbocycles. The van der Waals surface area contributed by atoms with E-state index < -0.39 is 0 Å². The van der Waals surface area contributed by atoms with Crippen molar-refractivity contribution in [3.05, 3.63) is 53.3 Å². The molecule has 1 fully saturated rings. The van der Waals surface area contributed by atoms with Crippen LogP contribution in [0.15, 0.2) is 36.4 Å². The number of aromatic nitrogens is 1. The van der Waals surface area contributed by atoms with Gasteiger partial charge in [0.2, 0.25) is 0 Å². The Labute approximate surface area is 190 Å². The maximum absolute atomic E-state index is 13.5. The van der Waals surface area contributed by atoms with Crippen LogP contribution in [0.5, 0.6) is 5.75 Å². The van der Waals surface area contributed by atoms with Crippen molar-refractivity contribution in [1.82, 2.24) is 4.98 Å². The molecule has 32 heavy (non-hydrogen) atoms. The third-order valence-corrected chi connectivity index (χ3v) is 6.51. The van der Waals surface area contributed by atoms with E-state index in [2.05, 4.69) is 4.98 Å². The highest BCUT2D eigenvalue weighted by molar-refractivity contribution is 5.95. The Bertz CT molecular complexity index is 951. The summed E-state index contributed by atoms with van der Waals surface area (Å²) < 4.78 is 6.43. The average Bonchev–Trinajstić information content (AvgIpc) is 3.16. The molecule has 0 bridgehead atoms. The highest BCUT2D eigenvalue weighted by atomic mass is 16.5. The van der Waals surface area contributed by atoms with E-state index in [1.165, 1.54) is 0 Å². The molecule has 0 radical (unpaired) electrons. The Hall–Kier alpha value is -2.48. The Morgan fingerprint density at radius 3 is 2.16 bits per heavy atom. The van der Waals surface area contributed by atoms with Crippen LogP contribution in [0.1, 0.15) is 65.3 Å². The normalized spacial score (nSPS) is 20.6. The zero-order valence-electron chi connectivity index (χ0n) is 20.1. The zero-order valence-corrected chi connectivity index (χ0v) is 20.1. The minimum Gasteiger partial charge on any atom is -0.483 e. The number of carbonyl (C=O) groups excluding carboxylic acids is 2. The van der Waals surface area contributed by atoms with Crippen molar-refractivity contribution in [2.45, 2.75) is 50.9 Å². The molecule has 3 rings (SSSR count). The summed E-state index contributed by atoms with van der Waals surface area (Å²) in [6, 6.07) is 11.6. The van der Waals surface area contributed by atoms with E-state index in [9.17, 15) is 14.7 Å². The van der Waals surface area contributed by atoms with Crippen molar-refractivity contribution in [3.8, 4) is 5.75 Å². The molecule has 1 heterocycles.